The summed E-state index contributed by atoms with van der Waals surface area (Å²) < 4.78 is 0. The zero-order chi connectivity index (χ0) is 10.8. The fraction of sp³-hybridized carbons (Fsp3) is 0.200. The average molecular weight is 223 g/mol. The topological polar surface area (TPSA) is 0 Å². The molecule has 0 aromatic rings. The lowest BCUT2D eigenvalue weighted by Crippen LogP contribution is -2.26. The van der Waals surface area contributed by atoms with Crippen LogP contribution >= 0.6 is 0 Å². The predicted molar refractivity (Wildman–Crippen MR) is 71.8 cm³/mol. The molecule has 0 N–H and O–H groups in total. The van der Waals surface area contributed by atoms with Gasteiger partial charge in [0.2, 0.25) is 0 Å². The van der Waals surface area contributed by atoms with E-state index >= 15 is 0 Å². The minimum atomic E-state index is -0.498. The van der Waals surface area contributed by atoms with Crippen molar-refractivity contribution in [1.82, 2.24) is 0 Å². The van der Waals surface area contributed by atoms with Gasteiger partial charge in [0.25, 0.3) is 0 Å². The molecule has 1 heteroatoms. The Balaban J connectivity index is 1.87. The van der Waals surface area contributed by atoms with E-state index in [0.717, 1.165) is 0 Å². The average Bonchev–Trinajstić information content (AvgIpc) is 3.02. The van der Waals surface area contributed by atoms with E-state index in [-0.39, 0.29) is 0 Å². The van der Waals surface area contributed by atoms with Gasteiger partial charge in [-0.25, -0.2) is 0 Å². The first kappa shape index (κ1) is 9.85. The molecule has 1 radical (unpaired) electrons. The van der Waals surface area contributed by atoms with Gasteiger partial charge in [-0.1, -0.05) is 72.9 Å². The first-order valence-electron chi connectivity index (χ1n) is 5.87. The molecule has 0 amide bonds. The van der Waals surface area contributed by atoms with Gasteiger partial charge in [-0.15, -0.1) is 0 Å². The Hall–Kier alpha value is -1.34. The van der Waals surface area contributed by atoms with Crippen LogP contribution in [0.25, 0.3) is 0 Å². The first-order chi connectivity index (χ1) is 7.95. The maximum Gasteiger partial charge on any atom is 0.0843 e. The molecule has 0 aromatic heterocycles. The van der Waals surface area contributed by atoms with Gasteiger partial charge in [0.05, 0.1) is 8.80 Å². The summed E-state index contributed by atoms with van der Waals surface area (Å²) in [5, 5.41) is 0. The van der Waals surface area contributed by atoms with E-state index in [4.69, 9.17) is 0 Å². The molecular formula is C15H15Si. The second kappa shape index (κ2) is 4.26. The highest BCUT2D eigenvalue weighted by atomic mass is 28.3. The van der Waals surface area contributed by atoms with Crippen LogP contribution in [0.15, 0.2) is 72.9 Å². The number of rotatable bonds is 3. The van der Waals surface area contributed by atoms with Gasteiger partial charge in [0.15, 0.2) is 0 Å². The molecule has 0 nitrogen and oxygen atoms in total. The normalized spacial score (nSPS) is 23.8. The van der Waals surface area contributed by atoms with E-state index in [1.54, 1.807) is 0 Å². The van der Waals surface area contributed by atoms with Crippen LogP contribution < -0.4 is 0 Å². The largest absolute Gasteiger partial charge is 0.0843 e. The molecule has 0 fully saturated rings. The van der Waals surface area contributed by atoms with Gasteiger partial charge < -0.3 is 0 Å². The van der Waals surface area contributed by atoms with Gasteiger partial charge in [0, 0.05) is 0 Å². The predicted octanol–water partition coefficient (Wildman–Crippen LogP) is 3.97. The van der Waals surface area contributed by atoms with E-state index in [0.29, 0.717) is 16.6 Å². The third kappa shape index (κ3) is 1.72. The quantitative estimate of drug-likeness (QED) is 0.635. The van der Waals surface area contributed by atoms with Crippen LogP contribution in [0.3, 0.4) is 0 Å². The van der Waals surface area contributed by atoms with Crippen LogP contribution in [0.2, 0.25) is 16.6 Å². The third-order valence-electron chi connectivity index (χ3n) is 3.40. The molecule has 3 aliphatic rings. The Morgan fingerprint density at radius 1 is 0.438 bits per heavy atom. The molecule has 3 rings (SSSR count). The van der Waals surface area contributed by atoms with Gasteiger partial charge in [-0.2, -0.15) is 0 Å². The molecule has 0 bridgehead atoms. The summed E-state index contributed by atoms with van der Waals surface area (Å²) in [6.07, 6.45) is 27.4. The Morgan fingerprint density at radius 3 is 0.938 bits per heavy atom. The minimum absolute atomic E-state index is 0.498. The van der Waals surface area contributed by atoms with Gasteiger partial charge in [-0.05, 0) is 16.6 Å². The van der Waals surface area contributed by atoms with Crippen molar-refractivity contribution in [2.24, 2.45) is 0 Å². The summed E-state index contributed by atoms with van der Waals surface area (Å²) in [7, 11) is -0.498. The van der Waals surface area contributed by atoms with E-state index in [1.165, 1.54) is 0 Å². The molecule has 0 spiro atoms. The van der Waals surface area contributed by atoms with Crippen LogP contribution in [0.4, 0.5) is 0 Å². The number of hydrogen-bond donors (Lipinski definition) is 0. The zero-order valence-corrected chi connectivity index (χ0v) is 10.2. The fourth-order valence-corrected chi connectivity index (χ4v) is 5.96. The highest BCUT2D eigenvalue weighted by Gasteiger charge is 2.33. The van der Waals surface area contributed by atoms with E-state index in [2.05, 4.69) is 72.9 Å². The molecule has 0 aromatic carbocycles. The standard InChI is InChI=1S/C15H15Si/c1-2-8-13(7-1)16(14-9-3-4-10-14)15-11-5-6-12-15/h1-15H. The van der Waals surface area contributed by atoms with Crippen LogP contribution in [0, 0.1) is 0 Å². The number of hydrogen-bond acceptors (Lipinski definition) is 0. The first-order valence-corrected chi connectivity index (χ1v) is 7.60. The molecule has 79 valence electrons. The highest BCUT2D eigenvalue weighted by Crippen LogP contribution is 2.40. The van der Waals surface area contributed by atoms with Gasteiger partial charge in [0.1, 0.15) is 0 Å². The lowest BCUT2D eigenvalue weighted by atomic mass is 10.4. The zero-order valence-electron chi connectivity index (χ0n) is 9.16. The van der Waals surface area contributed by atoms with Crippen molar-refractivity contribution in [2.75, 3.05) is 0 Å². The lowest BCUT2D eigenvalue weighted by molar-refractivity contribution is 1.14. The monoisotopic (exact) mass is 223 g/mol. The summed E-state index contributed by atoms with van der Waals surface area (Å²) in [6.45, 7) is 0. The van der Waals surface area contributed by atoms with E-state index in [1.807, 2.05) is 0 Å². The third-order valence-corrected chi connectivity index (χ3v) is 6.86. The highest BCUT2D eigenvalue weighted by molar-refractivity contribution is 6.67. The Kier molecular flexibility index (Phi) is 2.62. The SMILES string of the molecule is C1=CC([Si](C2C=CC=C2)C2C=CC=C2)C=C1. The molecule has 0 unspecified atom stereocenters. The van der Waals surface area contributed by atoms with E-state index < -0.39 is 8.80 Å². The molecule has 3 aliphatic carbocycles. The molecule has 0 heterocycles. The Morgan fingerprint density at radius 2 is 0.688 bits per heavy atom. The molecule has 16 heavy (non-hydrogen) atoms. The Bertz CT molecular complexity index is 332. The van der Waals surface area contributed by atoms with Crippen molar-refractivity contribution in [3.8, 4) is 0 Å². The number of allylic oxidation sites excluding steroid dienone is 12. The van der Waals surface area contributed by atoms with Gasteiger partial charge >= 0.3 is 0 Å². The van der Waals surface area contributed by atoms with Crippen LogP contribution in [-0.2, 0) is 0 Å². The molecule has 0 atom stereocenters. The van der Waals surface area contributed by atoms with E-state index in [9.17, 15) is 0 Å². The maximum atomic E-state index is 2.37. The second-order valence-electron chi connectivity index (χ2n) is 4.39. The summed E-state index contributed by atoms with van der Waals surface area (Å²) >= 11 is 0. The maximum absolute atomic E-state index is 2.37. The molecule has 0 saturated heterocycles. The summed E-state index contributed by atoms with van der Waals surface area (Å²) in [4.78, 5) is 0. The fourth-order valence-electron chi connectivity index (χ4n) is 2.63. The minimum Gasteiger partial charge on any atom is -0.0805 e. The summed E-state index contributed by atoms with van der Waals surface area (Å²) in [6, 6.07) is 0. The summed E-state index contributed by atoms with van der Waals surface area (Å²) in [5.41, 5.74) is 2.04. The molecule has 0 saturated carbocycles. The summed E-state index contributed by atoms with van der Waals surface area (Å²) in [5.74, 6) is 0. The Labute approximate surface area is 98.7 Å². The smallest absolute Gasteiger partial charge is 0.0805 e. The van der Waals surface area contributed by atoms with Crippen molar-refractivity contribution in [2.45, 2.75) is 16.6 Å². The van der Waals surface area contributed by atoms with Crippen LogP contribution in [0.5, 0.6) is 0 Å². The van der Waals surface area contributed by atoms with Crippen molar-refractivity contribution in [3.63, 3.8) is 0 Å². The van der Waals surface area contributed by atoms with Crippen molar-refractivity contribution in [3.05, 3.63) is 72.9 Å². The lowest BCUT2D eigenvalue weighted by Gasteiger charge is -2.27. The molecule has 0 aliphatic heterocycles. The van der Waals surface area contributed by atoms with Crippen LogP contribution in [0.1, 0.15) is 0 Å². The van der Waals surface area contributed by atoms with Gasteiger partial charge in [-0.3, -0.25) is 0 Å². The van der Waals surface area contributed by atoms with Crippen LogP contribution in [-0.4, -0.2) is 8.80 Å². The van der Waals surface area contributed by atoms with Crippen molar-refractivity contribution < 1.29 is 0 Å². The van der Waals surface area contributed by atoms with Crippen molar-refractivity contribution in [1.29, 1.82) is 0 Å². The molecular weight excluding hydrogens is 208 g/mol. The van der Waals surface area contributed by atoms with Crippen molar-refractivity contribution >= 4 is 8.80 Å². The second-order valence-corrected chi connectivity index (χ2v) is 7.39.